The molecule has 0 aromatic heterocycles. The molecule has 0 aliphatic rings. The number of anilines is 1. The summed E-state index contributed by atoms with van der Waals surface area (Å²) in [6, 6.07) is 9.58. The van der Waals surface area contributed by atoms with Crippen LogP contribution < -0.4 is 14.2 Å². The molecule has 22 heavy (non-hydrogen) atoms. The minimum absolute atomic E-state index is 0.00430. The van der Waals surface area contributed by atoms with E-state index in [1.54, 1.807) is 30.3 Å². The highest BCUT2D eigenvalue weighted by Gasteiger charge is 2.20. The highest BCUT2D eigenvalue weighted by molar-refractivity contribution is 7.92. The lowest BCUT2D eigenvalue weighted by Gasteiger charge is -2.14. The van der Waals surface area contributed by atoms with Gasteiger partial charge in [0.2, 0.25) is 0 Å². The third-order valence-corrected chi connectivity index (χ3v) is 4.88. The highest BCUT2D eigenvalue weighted by Crippen LogP contribution is 2.32. The Morgan fingerprint density at radius 1 is 1.05 bits per heavy atom. The molecule has 0 atom stereocenters. The van der Waals surface area contributed by atoms with Gasteiger partial charge in [-0.15, -0.1) is 0 Å². The summed E-state index contributed by atoms with van der Waals surface area (Å²) in [7, 11) is -0.882. The second-order valence-electron chi connectivity index (χ2n) is 4.61. The Kier molecular flexibility index (Phi) is 4.83. The molecule has 0 saturated carbocycles. The van der Waals surface area contributed by atoms with Crippen molar-refractivity contribution in [2.45, 2.75) is 11.8 Å². The van der Waals surface area contributed by atoms with Crippen LogP contribution in [-0.4, -0.2) is 22.6 Å². The van der Waals surface area contributed by atoms with Crippen LogP contribution in [-0.2, 0) is 10.0 Å². The molecule has 0 fully saturated rings. The number of halogens is 1. The van der Waals surface area contributed by atoms with Crippen LogP contribution >= 0.6 is 11.6 Å². The molecule has 0 spiro atoms. The molecule has 1 N–H and O–H groups in total. The van der Waals surface area contributed by atoms with Gasteiger partial charge in [-0.3, -0.25) is 4.72 Å². The van der Waals surface area contributed by atoms with Gasteiger partial charge in [0, 0.05) is 6.07 Å². The second-order valence-corrected chi connectivity index (χ2v) is 6.66. The molecule has 0 unspecified atom stereocenters. The van der Waals surface area contributed by atoms with E-state index in [2.05, 4.69) is 4.72 Å². The van der Waals surface area contributed by atoms with Crippen LogP contribution in [0.25, 0.3) is 0 Å². The smallest absolute Gasteiger partial charge is 0.263 e. The molecule has 0 amide bonds. The summed E-state index contributed by atoms with van der Waals surface area (Å²) in [4.78, 5) is 0.00430. The van der Waals surface area contributed by atoms with Crippen molar-refractivity contribution < 1.29 is 17.9 Å². The van der Waals surface area contributed by atoms with E-state index < -0.39 is 10.0 Å². The maximum Gasteiger partial charge on any atom is 0.263 e. The Bertz CT molecular complexity index is 790. The monoisotopic (exact) mass is 341 g/mol. The summed E-state index contributed by atoms with van der Waals surface area (Å²) in [6.45, 7) is 1.83. The maximum atomic E-state index is 12.5. The first-order valence-electron chi connectivity index (χ1n) is 6.38. The Hall–Kier alpha value is -1.92. The predicted octanol–water partition coefficient (Wildman–Crippen LogP) is 3.47. The van der Waals surface area contributed by atoms with Gasteiger partial charge in [-0.1, -0.05) is 17.7 Å². The Morgan fingerprint density at radius 2 is 1.77 bits per heavy atom. The molecular formula is C15H16ClNO4S. The van der Waals surface area contributed by atoms with E-state index in [4.69, 9.17) is 21.1 Å². The molecule has 0 bridgehead atoms. The van der Waals surface area contributed by atoms with Gasteiger partial charge < -0.3 is 9.47 Å². The second kappa shape index (κ2) is 6.46. The summed E-state index contributed by atoms with van der Waals surface area (Å²) in [5.74, 6) is 0.890. The standard InChI is InChI=1S/C15H16ClNO4S/c1-10-4-7-15(12(16)8-10)22(18,19)17-13-9-11(20-2)5-6-14(13)21-3/h4-9,17H,1-3H3. The third kappa shape index (κ3) is 3.45. The number of ether oxygens (including phenoxy) is 2. The van der Waals surface area contributed by atoms with Crippen molar-refractivity contribution in [2.75, 3.05) is 18.9 Å². The van der Waals surface area contributed by atoms with E-state index in [0.717, 1.165) is 5.56 Å². The fourth-order valence-corrected chi connectivity index (χ4v) is 3.58. The van der Waals surface area contributed by atoms with Crippen LogP contribution in [0.1, 0.15) is 5.56 Å². The summed E-state index contributed by atoms with van der Waals surface area (Å²) >= 11 is 6.04. The number of hydrogen-bond acceptors (Lipinski definition) is 4. The van der Waals surface area contributed by atoms with Crippen LogP contribution in [0.3, 0.4) is 0 Å². The van der Waals surface area contributed by atoms with Gasteiger partial charge in [-0.25, -0.2) is 8.42 Å². The number of rotatable bonds is 5. The first-order valence-corrected chi connectivity index (χ1v) is 8.24. The van der Waals surface area contributed by atoms with Gasteiger partial charge in [0.25, 0.3) is 10.0 Å². The van der Waals surface area contributed by atoms with Crippen LogP contribution in [0.2, 0.25) is 5.02 Å². The quantitative estimate of drug-likeness (QED) is 0.904. The van der Waals surface area contributed by atoms with Crippen molar-refractivity contribution in [3.05, 3.63) is 47.0 Å². The van der Waals surface area contributed by atoms with Gasteiger partial charge in [0.1, 0.15) is 16.4 Å². The Morgan fingerprint density at radius 3 is 2.36 bits per heavy atom. The largest absolute Gasteiger partial charge is 0.497 e. The van der Waals surface area contributed by atoms with Gasteiger partial charge in [0.05, 0.1) is 24.9 Å². The number of hydrogen-bond donors (Lipinski definition) is 1. The van der Waals surface area contributed by atoms with E-state index in [1.165, 1.54) is 20.3 Å². The molecule has 0 aliphatic heterocycles. The van der Waals surface area contributed by atoms with E-state index in [0.29, 0.717) is 11.5 Å². The summed E-state index contributed by atoms with van der Waals surface area (Å²) in [5, 5.41) is 0.161. The number of aryl methyl sites for hydroxylation is 1. The molecule has 2 aromatic rings. The Balaban J connectivity index is 2.44. The summed E-state index contributed by atoms with van der Waals surface area (Å²) in [5.41, 5.74) is 1.15. The first-order chi connectivity index (χ1) is 10.4. The van der Waals surface area contributed by atoms with Crippen molar-refractivity contribution >= 4 is 27.3 Å². The average Bonchev–Trinajstić information content (AvgIpc) is 2.46. The van der Waals surface area contributed by atoms with E-state index in [1.807, 2.05) is 6.92 Å². The van der Waals surface area contributed by atoms with Gasteiger partial charge in [-0.05, 0) is 36.8 Å². The van der Waals surface area contributed by atoms with Gasteiger partial charge >= 0.3 is 0 Å². The first kappa shape index (κ1) is 16.5. The Labute approximate surface area is 134 Å². The normalized spacial score (nSPS) is 11.1. The van der Waals surface area contributed by atoms with E-state index in [-0.39, 0.29) is 15.6 Å². The molecule has 0 aliphatic carbocycles. The van der Waals surface area contributed by atoms with Crippen LogP contribution in [0, 0.1) is 6.92 Å². The van der Waals surface area contributed by atoms with Crippen molar-refractivity contribution in [3.8, 4) is 11.5 Å². The average molecular weight is 342 g/mol. The highest BCUT2D eigenvalue weighted by atomic mass is 35.5. The molecule has 5 nitrogen and oxygen atoms in total. The zero-order valence-corrected chi connectivity index (χ0v) is 14.0. The molecule has 2 aromatic carbocycles. The van der Waals surface area contributed by atoms with E-state index >= 15 is 0 Å². The molecule has 0 heterocycles. The zero-order chi connectivity index (χ0) is 16.3. The fourth-order valence-electron chi connectivity index (χ4n) is 1.92. The minimum Gasteiger partial charge on any atom is -0.497 e. The number of benzene rings is 2. The fraction of sp³-hybridized carbons (Fsp3) is 0.200. The van der Waals surface area contributed by atoms with Gasteiger partial charge in [-0.2, -0.15) is 0 Å². The number of nitrogens with one attached hydrogen (secondary N) is 1. The number of methoxy groups -OCH3 is 2. The predicted molar refractivity (Wildman–Crippen MR) is 86.5 cm³/mol. The van der Waals surface area contributed by atoms with Crippen molar-refractivity contribution in [2.24, 2.45) is 0 Å². The molecule has 118 valence electrons. The van der Waals surface area contributed by atoms with E-state index in [9.17, 15) is 8.42 Å². The summed E-state index contributed by atoms with van der Waals surface area (Å²) in [6.07, 6.45) is 0. The van der Waals surface area contributed by atoms with Crippen molar-refractivity contribution in [3.63, 3.8) is 0 Å². The molecular weight excluding hydrogens is 326 g/mol. The zero-order valence-electron chi connectivity index (χ0n) is 12.4. The van der Waals surface area contributed by atoms with Crippen molar-refractivity contribution in [1.82, 2.24) is 0 Å². The van der Waals surface area contributed by atoms with Crippen LogP contribution in [0.5, 0.6) is 11.5 Å². The lowest BCUT2D eigenvalue weighted by Crippen LogP contribution is -2.14. The lowest BCUT2D eigenvalue weighted by molar-refractivity contribution is 0.405. The molecule has 7 heteroatoms. The lowest BCUT2D eigenvalue weighted by atomic mass is 10.2. The third-order valence-electron chi connectivity index (χ3n) is 3.03. The summed E-state index contributed by atoms with van der Waals surface area (Å²) < 4.78 is 37.7. The molecule has 0 radical (unpaired) electrons. The van der Waals surface area contributed by atoms with Crippen molar-refractivity contribution in [1.29, 1.82) is 0 Å². The van der Waals surface area contributed by atoms with Crippen LogP contribution in [0.4, 0.5) is 5.69 Å². The number of sulfonamides is 1. The molecule has 2 rings (SSSR count). The SMILES string of the molecule is COc1ccc(OC)c(NS(=O)(=O)c2ccc(C)cc2Cl)c1. The maximum absolute atomic E-state index is 12.5. The minimum atomic E-state index is -3.84. The van der Waals surface area contributed by atoms with Gasteiger partial charge in [0.15, 0.2) is 0 Å². The topological polar surface area (TPSA) is 64.6 Å². The molecule has 0 saturated heterocycles. The van der Waals surface area contributed by atoms with Crippen LogP contribution in [0.15, 0.2) is 41.3 Å².